The zero-order valence-electron chi connectivity index (χ0n) is 15.7. The second-order valence-electron chi connectivity index (χ2n) is 7.08. The lowest BCUT2D eigenvalue weighted by Crippen LogP contribution is -2.26. The van der Waals surface area contributed by atoms with Gasteiger partial charge in [-0.15, -0.1) is 0 Å². The van der Waals surface area contributed by atoms with Crippen molar-refractivity contribution < 1.29 is 14.6 Å². The maximum absolute atomic E-state index is 9.75. The SMILES string of the molecule is COc1cccc(CCc2ccccc2OCC[C@H]2C[C@H](O)CN2C)c1. The Balaban J connectivity index is 1.54. The first-order chi connectivity index (χ1) is 12.7. The Kier molecular flexibility index (Phi) is 6.53. The van der Waals surface area contributed by atoms with E-state index in [1.165, 1.54) is 11.1 Å². The number of hydrogen-bond donors (Lipinski definition) is 1. The summed E-state index contributed by atoms with van der Waals surface area (Å²) in [7, 11) is 3.77. The molecule has 4 nitrogen and oxygen atoms in total. The number of likely N-dealkylation sites (N-methyl/N-ethyl adjacent to an activating group) is 1. The summed E-state index contributed by atoms with van der Waals surface area (Å²) in [4.78, 5) is 2.22. The molecule has 2 aromatic rings. The third-order valence-corrected chi connectivity index (χ3v) is 5.16. The van der Waals surface area contributed by atoms with Gasteiger partial charge in [-0.25, -0.2) is 0 Å². The van der Waals surface area contributed by atoms with E-state index in [9.17, 15) is 5.11 Å². The maximum Gasteiger partial charge on any atom is 0.122 e. The fourth-order valence-electron chi connectivity index (χ4n) is 3.65. The fraction of sp³-hybridized carbons (Fsp3) is 0.455. The molecule has 4 heteroatoms. The molecule has 0 amide bonds. The van der Waals surface area contributed by atoms with Gasteiger partial charge < -0.3 is 19.5 Å². The number of aryl methyl sites for hydroxylation is 2. The topological polar surface area (TPSA) is 41.9 Å². The monoisotopic (exact) mass is 355 g/mol. The molecule has 0 bridgehead atoms. The predicted octanol–water partition coefficient (Wildman–Crippen LogP) is 3.31. The summed E-state index contributed by atoms with van der Waals surface area (Å²) in [5, 5.41) is 9.75. The van der Waals surface area contributed by atoms with Crippen molar-refractivity contribution in [2.45, 2.75) is 37.8 Å². The van der Waals surface area contributed by atoms with Gasteiger partial charge in [-0.3, -0.25) is 0 Å². The molecule has 1 heterocycles. The molecule has 1 fully saturated rings. The smallest absolute Gasteiger partial charge is 0.122 e. The zero-order valence-corrected chi connectivity index (χ0v) is 15.7. The highest BCUT2D eigenvalue weighted by Gasteiger charge is 2.27. The van der Waals surface area contributed by atoms with Gasteiger partial charge in [-0.2, -0.15) is 0 Å². The number of β-amino-alcohol motifs (C(OH)–C–C–N with tert-alkyl or cyclic N) is 1. The summed E-state index contributed by atoms with van der Waals surface area (Å²) in [6.07, 6.45) is 3.48. The molecule has 1 saturated heterocycles. The third-order valence-electron chi connectivity index (χ3n) is 5.16. The van der Waals surface area contributed by atoms with E-state index < -0.39 is 0 Å². The molecule has 0 radical (unpaired) electrons. The van der Waals surface area contributed by atoms with Crippen molar-refractivity contribution in [3.05, 3.63) is 59.7 Å². The molecule has 0 unspecified atom stereocenters. The number of hydrogen-bond acceptors (Lipinski definition) is 4. The van der Waals surface area contributed by atoms with Crippen molar-refractivity contribution in [2.24, 2.45) is 0 Å². The summed E-state index contributed by atoms with van der Waals surface area (Å²) < 4.78 is 11.4. The van der Waals surface area contributed by atoms with Crippen LogP contribution in [0.2, 0.25) is 0 Å². The van der Waals surface area contributed by atoms with Crippen LogP contribution in [0.3, 0.4) is 0 Å². The highest BCUT2D eigenvalue weighted by atomic mass is 16.5. The molecule has 0 saturated carbocycles. The first kappa shape index (κ1) is 18.7. The van der Waals surface area contributed by atoms with Crippen LogP contribution in [0.1, 0.15) is 24.0 Å². The number of aliphatic hydroxyl groups is 1. The van der Waals surface area contributed by atoms with E-state index in [0.29, 0.717) is 12.6 Å². The summed E-state index contributed by atoms with van der Waals surface area (Å²) in [6, 6.07) is 16.9. The van der Waals surface area contributed by atoms with E-state index in [1.54, 1.807) is 7.11 Å². The Labute approximate surface area is 156 Å². The minimum absolute atomic E-state index is 0.194. The molecule has 1 aliphatic rings. The molecule has 1 aliphatic heterocycles. The maximum atomic E-state index is 9.75. The molecule has 2 aromatic carbocycles. The Morgan fingerprint density at radius 2 is 1.96 bits per heavy atom. The number of ether oxygens (including phenoxy) is 2. The second kappa shape index (κ2) is 9.06. The number of nitrogens with zero attached hydrogens (tertiary/aromatic N) is 1. The molecular formula is C22H29NO3. The normalized spacial score (nSPS) is 20.3. The predicted molar refractivity (Wildman–Crippen MR) is 104 cm³/mol. The molecule has 26 heavy (non-hydrogen) atoms. The van der Waals surface area contributed by atoms with Gasteiger partial charge in [-0.05, 0) is 62.1 Å². The number of methoxy groups -OCH3 is 1. The van der Waals surface area contributed by atoms with Crippen molar-refractivity contribution in [1.82, 2.24) is 4.90 Å². The van der Waals surface area contributed by atoms with Crippen LogP contribution in [0.25, 0.3) is 0 Å². The van der Waals surface area contributed by atoms with Crippen LogP contribution in [0.15, 0.2) is 48.5 Å². The van der Waals surface area contributed by atoms with Crippen LogP contribution in [0, 0.1) is 0 Å². The van der Waals surface area contributed by atoms with Gasteiger partial charge in [0.15, 0.2) is 0 Å². The number of benzene rings is 2. The van der Waals surface area contributed by atoms with Crippen molar-refractivity contribution >= 4 is 0 Å². The minimum atomic E-state index is -0.194. The lowest BCUT2D eigenvalue weighted by molar-refractivity contribution is 0.182. The van der Waals surface area contributed by atoms with E-state index in [4.69, 9.17) is 9.47 Å². The molecule has 1 N–H and O–H groups in total. The molecule has 0 spiro atoms. The van der Waals surface area contributed by atoms with E-state index in [2.05, 4.69) is 36.2 Å². The van der Waals surface area contributed by atoms with Gasteiger partial charge in [0.1, 0.15) is 11.5 Å². The summed E-state index contributed by atoms with van der Waals surface area (Å²) in [5.74, 6) is 1.87. The highest BCUT2D eigenvalue weighted by molar-refractivity contribution is 5.35. The van der Waals surface area contributed by atoms with Gasteiger partial charge in [0, 0.05) is 12.6 Å². The molecular weight excluding hydrogens is 326 g/mol. The lowest BCUT2D eigenvalue weighted by Gasteiger charge is -2.19. The fourth-order valence-corrected chi connectivity index (χ4v) is 3.65. The Morgan fingerprint density at radius 1 is 1.12 bits per heavy atom. The molecule has 3 rings (SSSR count). The van der Waals surface area contributed by atoms with Crippen LogP contribution in [0.4, 0.5) is 0 Å². The number of likely N-dealkylation sites (tertiary alicyclic amines) is 1. The minimum Gasteiger partial charge on any atom is -0.497 e. The van der Waals surface area contributed by atoms with E-state index in [1.807, 2.05) is 24.3 Å². The Hall–Kier alpha value is -2.04. The van der Waals surface area contributed by atoms with Gasteiger partial charge in [-0.1, -0.05) is 30.3 Å². The first-order valence-electron chi connectivity index (χ1n) is 9.37. The quantitative estimate of drug-likeness (QED) is 0.789. The molecule has 2 atom stereocenters. The third kappa shape index (κ3) is 4.99. The van der Waals surface area contributed by atoms with Crippen LogP contribution in [0.5, 0.6) is 11.5 Å². The summed E-state index contributed by atoms with van der Waals surface area (Å²) >= 11 is 0. The van der Waals surface area contributed by atoms with Crippen molar-refractivity contribution in [3.63, 3.8) is 0 Å². The Morgan fingerprint density at radius 3 is 2.73 bits per heavy atom. The van der Waals surface area contributed by atoms with Gasteiger partial charge >= 0.3 is 0 Å². The van der Waals surface area contributed by atoms with Crippen LogP contribution in [-0.4, -0.2) is 49.5 Å². The van der Waals surface area contributed by atoms with Gasteiger partial charge in [0.25, 0.3) is 0 Å². The van der Waals surface area contributed by atoms with E-state index >= 15 is 0 Å². The summed E-state index contributed by atoms with van der Waals surface area (Å²) in [5.41, 5.74) is 2.50. The summed E-state index contributed by atoms with van der Waals surface area (Å²) in [6.45, 7) is 1.44. The number of rotatable bonds is 8. The molecule has 140 valence electrons. The lowest BCUT2D eigenvalue weighted by atomic mass is 10.0. The highest BCUT2D eigenvalue weighted by Crippen LogP contribution is 2.23. The number of aliphatic hydroxyl groups excluding tert-OH is 1. The van der Waals surface area contributed by atoms with Crippen molar-refractivity contribution in [2.75, 3.05) is 27.3 Å². The Bertz CT molecular complexity index is 703. The van der Waals surface area contributed by atoms with Crippen LogP contribution < -0.4 is 9.47 Å². The number of para-hydroxylation sites is 1. The van der Waals surface area contributed by atoms with Gasteiger partial charge in [0.05, 0.1) is 19.8 Å². The average molecular weight is 355 g/mol. The van der Waals surface area contributed by atoms with E-state index in [0.717, 1.165) is 43.7 Å². The standard InChI is InChI=1S/C22H29NO3/c1-23-16-20(24)15-19(23)12-13-26-22-9-4-3-7-18(22)11-10-17-6-5-8-21(14-17)25-2/h3-9,14,19-20,24H,10-13,15-16H2,1-2H3/t19-,20-/m0/s1. The second-order valence-corrected chi connectivity index (χ2v) is 7.08. The average Bonchev–Trinajstić information content (AvgIpc) is 2.98. The van der Waals surface area contributed by atoms with Crippen LogP contribution >= 0.6 is 0 Å². The van der Waals surface area contributed by atoms with Crippen molar-refractivity contribution in [3.8, 4) is 11.5 Å². The first-order valence-corrected chi connectivity index (χ1v) is 9.37. The molecule has 0 aliphatic carbocycles. The van der Waals surface area contributed by atoms with E-state index in [-0.39, 0.29) is 6.10 Å². The largest absolute Gasteiger partial charge is 0.497 e. The van der Waals surface area contributed by atoms with Crippen LogP contribution in [-0.2, 0) is 12.8 Å². The van der Waals surface area contributed by atoms with Crippen molar-refractivity contribution in [1.29, 1.82) is 0 Å². The zero-order chi connectivity index (χ0) is 18.4. The molecule has 0 aromatic heterocycles. The van der Waals surface area contributed by atoms with Gasteiger partial charge in [0.2, 0.25) is 0 Å².